The first-order valence-corrected chi connectivity index (χ1v) is 9.10. The number of nitrogens with one attached hydrogen (secondary N) is 1. The molecule has 1 aromatic carbocycles. The molecule has 1 aliphatic heterocycles. The van der Waals surface area contributed by atoms with Gasteiger partial charge in [-0.2, -0.15) is 0 Å². The number of benzene rings is 1. The topological polar surface area (TPSA) is 60.5 Å². The number of para-hydroxylation sites is 2. The number of fused-ring (bicyclic) bond motifs is 1. The molecule has 7 heteroatoms. The lowest BCUT2D eigenvalue weighted by Crippen LogP contribution is -2.40. The third kappa shape index (κ3) is 3.00. The molecule has 24 heavy (non-hydrogen) atoms. The molecule has 0 saturated carbocycles. The number of carbonyl (C=O) groups is 1. The van der Waals surface area contributed by atoms with Gasteiger partial charge in [0, 0.05) is 10.3 Å². The van der Waals surface area contributed by atoms with Crippen LogP contribution in [0, 0.1) is 6.92 Å². The zero-order valence-electron chi connectivity index (χ0n) is 12.8. The van der Waals surface area contributed by atoms with Gasteiger partial charge < -0.3 is 9.47 Å². The van der Waals surface area contributed by atoms with E-state index >= 15 is 0 Å². The van der Waals surface area contributed by atoms with Gasteiger partial charge in [-0.3, -0.25) is 10.1 Å². The summed E-state index contributed by atoms with van der Waals surface area (Å²) in [6, 6.07) is 11.4. The average molecular weight is 358 g/mol. The van der Waals surface area contributed by atoms with Gasteiger partial charge in [0.15, 0.2) is 16.6 Å². The minimum atomic E-state index is -0.684. The molecule has 5 nitrogen and oxygen atoms in total. The number of thiazole rings is 1. The fraction of sp³-hybridized carbons (Fsp3) is 0.176. The molecular weight excluding hydrogens is 344 g/mol. The molecule has 122 valence electrons. The van der Waals surface area contributed by atoms with E-state index in [1.54, 1.807) is 17.4 Å². The van der Waals surface area contributed by atoms with Crippen molar-refractivity contribution in [2.24, 2.45) is 0 Å². The summed E-state index contributed by atoms with van der Waals surface area (Å²) in [4.78, 5) is 19.2. The molecule has 0 fully saturated rings. The molecule has 0 bridgehead atoms. The molecule has 1 unspecified atom stereocenters. The summed E-state index contributed by atoms with van der Waals surface area (Å²) < 4.78 is 11.3. The van der Waals surface area contributed by atoms with Gasteiger partial charge in [0.2, 0.25) is 6.10 Å². The lowest BCUT2D eigenvalue weighted by Gasteiger charge is -2.25. The van der Waals surface area contributed by atoms with Crippen molar-refractivity contribution in [2.75, 3.05) is 11.9 Å². The average Bonchev–Trinajstić information content (AvgIpc) is 3.23. The van der Waals surface area contributed by atoms with Crippen LogP contribution in [0.3, 0.4) is 0 Å². The standard InChI is InChI=1S/C17H14N2O3S2/c1-10-6-7-15(24-10)11-9-23-17(18-11)19-16(20)14-8-21-12-4-2-3-5-13(12)22-14/h2-7,9,14H,8H2,1H3,(H,18,19,20). The summed E-state index contributed by atoms with van der Waals surface area (Å²) in [7, 11) is 0. The van der Waals surface area contributed by atoms with Crippen molar-refractivity contribution >= 4 is 33.7 Å². The summed E-state index contributed by atoms with van der Waals surface area (Å²) >= 11 is 3.08. The van der Waals surface area contributed by atoms with Crippen LogP contribution in [0.15, 0.2) is 41.8 Å². The molecule has 1 aliphatic rings. The predicted molar refractivity (Wildman–Crippen MR) is 95.1 cm³/mol. The molecule has 1 N–H and O–H groups in total. The number of ether oxygens (including phenoxy) is 2. The van der Waals surface area contributed by atoms with Crippen LogP contribution in [-0.2, 0) is 4.79 Å². The minimum absolute atomic E-state index is 0.186. The summed E-state index contributed by atoms with van der Waals surface area (Å²) in [6.07, 6.45) is -0.684. The van der Waals surface area contributed by atoms with Crippen LogP contribution < -0.4 is 14.8 Å². The molecule has 0 radical (unpaired) electrons. The van der Waals surface area contributed by atoms with E-state index < -0.39 is 6.10 Å². The Morgan fingerprint density at radius 3 is 2.88 bits per heavy atom. The highest BCUT2D eigenvalue weighted by Crippen LogP contribution is 2.32. The SMILES string of the molecule is Cc1ccc(-c2csc(NC(=O)C3COc4ccccc4O3)n2)s1. The smallest absolute Gasteiger partial charge is 0.270 e. The molecule has 0 spiro atoms. The maximum absolute atomic E-state index is 12.4. The molecule has 1 atom stereocenters. The lowest BCUT2D eigenvalue weighted by molar-refractivity contribution is -0.125. The number of thiophene rings is 1. The summed E-state index contributed by atoms with van der Waals surface area (Å²) in [5.74, 6) is 0.983. The van der Waals surface area contributed by atoms with Crippen LogP contribution in [-0.4, -0.2) is 23.6 Å². The number of amides is 1. The Morgan fingerprint density at radius 2 is 2.08 bits per heavy atom. The predicted octanol–water partition coefficient (Wildman–Crippen LogP) is 3.96. The Morgan fingerprint density at radius 1 is 1.25 bits per heavy atom. The van der Waals surface area contributed by atoms with Gasteiger partial charge in [-0.15, -0.1) is 22.7 Å². The number of carbonyl (C=O) groups excluding carboxylic acids is 1. The van der Waals surface area contributed by atoms with Crippen LogP contribution in [0.25, 0.3) is 10.6 Å². The fourth-order valence-corrected chi connectivity index (χ4v) is 3.97. The molecule has 2 aromatic heterocycles. The third-order valence-electron chi connectivity index (χ3n) is 3.53. The van der Waals surface area contributed by atoms with Crippen molar-refractivity contribution in [3.05, 3.63) is 46.7 Å². The van der Waals surface area contributed by atoms with Crippen LogP contribution >= 0.6 is 22.7 Å². The van der Waals surface area contributed by atoms with Gasteiger partial charge in [-0.25, -0.2) is 4.98 Å². The number of aryl methyl sites for hydroxylation is 1. The Balaban J connectivity index is 1.44. The van der Waals surface area contributed by atoms with Crippen molar-refractivity contribution in [2.45, 2.75) is 13.0 Å². The highest BCUT2D eigenvalue weighted by molar-refractivity contribution is 7.17. The van der Waals surface area contributed by atoms with Gasteiger partial charge >= 0.3 is 0 Å². The Labute approximate surface area is 146 Å². The van der Waals surface area contributed by atoms with Crippen LogP contribution in [0.4, 0.5) is 5.13 Å². The van der Waals surface area contributed by atoms with Crippen LogP contribution in [0.2, 0.25) is 0 Å². The number of aromatic nitrogens is 1. The highest BCUT2D eigenvalue weighted by atomic mass is 32.1. The molecule has 0 aliphatic carbocycles. The second-order valence-electron chi connectivity index (χ2n) is 5.30. The second-order valence-corrected chi connectivity index (χ2v) is 7.45. The van der Waals surface area contributed by atoms with E-state index in [0.29, 0.717) is 16.6 Å². The summed E-state index contributed by atoms with van der Waals surface area (Å²) in [5.41, 5.74) is 0.875. The minimum Gasteiger partial charge on any atom is -0.485 e. The van der Waals surface area contributed by atoms with Crippen LogP contribution in [0.5, 0.6) is 11.5 Å². The van der Waals surface area contributed by atoms with E-state index in [9.17, 15) is 4.79 Å². The van der Waals surface area contributed by atoms with Gasteiger partial charge in [0.05, 0.1) is 10.6 Å². The van der Waals surface area contributed by atoms with Crippen molar-refractivity contribution in [3.63, 3.8) is 0 Å². The summed E-state index contributed by atoms with van der Waals surface area (Å²) in [6.45, 7) is 2.24. The second kappa shape index (κ2) is 6.26. The molecule has 3 aromatic rings. The van der Waals surface area contributed by atoms with E-state index in [-0.39, 0.29) is 12.5 Å². The zero-order chi connectivity index (χ0) is 16.5. The van der Waals surface area contributed by atoms with Gasteiger partial charge in [0.25, 0.3) is 5.91 Å². The number of hydrogen-bond acceptors (Lipinski definition) is 6. The number of rotatable bonds is 3. The quantitative estimate of drug-likeness (QED) is 0.770. The van der Waals surface area contributed by atoms with Gasteiger partial charge in [0.1, 0.15) is 6.61 Å². The van der Waals surface area contributed by atoms with Crippen molar-refractivity contribution in [1.29, 1.82) is 0 Å². The Hall–Kier alpha value is -2.38. The van der Waals surface area contributed by atoms with E-state index in [1.165, 1.54) is 16.2 Å². The van der Waals surface area contributed by atoms with E-state index in [1.807, 2.05) is 29.6 Å². The first-order valence-electron chi connectivity index (χ1n) is 7.41. The van der Waals surface area contributed by atoms with E-state index in [2.05, 4.69) is 23.3 Å². The Bertz CT molecular complexity index is 887. The maximum Gasteiger partial charge on any atom is 0.270 e. The highest BCUT2D eigenvalue weighted by Gasteiger charge is 2.27. The van der Waals surface area contributed by atoms with Crippen molar-refractivity contribution in [1.82, 2.24) is 4.98 Å². The normalized spacial score (nSPS) is 16.0. The van der Waals surface area contributed by atoms with E-state index in [0.717, 1.165) is 10.6 Å². The molecule has 0 saturated heterocycles. The van der Waals surface area contributed by atoms with Crippen molar-refractivity contribution in [3.8, 4) is 22.1 Å². The fourth-order valence-electron chi connectivity index (χ4n) is 2.35. The molecule has 1 amide bonds. The number of hydrogen-bond donors (Lipinski definition) is 1. The zero-order valence-corrected chi connectivity index (χ0v) is 14.4. The van der Waals surface area contributed by atoms with Crippen LogP contribution in [0.1, 0.15) is 4.88 Å². The first-order chi connectivity index (χ1) is 11.7. The van der Waals surface area contributed by atoms with Gasteiger partial charge in [-0.1, -0.05) is 12.1 Å². The molecule has 3 heterocycles. The number of anilines is 1. The first kappa shape index (κ1) is 15.2. The maximum atomic E-state index is 12.4. The van der Waals surface area contributed by atoms with E-state index in [4.69, 9.17) is 9.47 Å². The summed E-state index contributed by atoms with van der Waals surface area (Å²) in [5, 5.41) is 5.31. The largest absolute Gasteiger partial charge is 0.485 e. The van der Waals surface area contributed by atoms with Gasteiger partial charge in [-0.05, 0) is 31.2 Å². The Kier molecular flexibility index (Phi) is 3.95. The monoisotopic (exact) mass is 358 g/mol. The molecule has 4 rings (SSSR count). The molecular formula is C17H14N2O3S2. The number of nitrogens with zero attached hydrogens (tertiary/aromatic N) is 1. The lowest BCUT2D eigenvalue weighted by atomic mass is 10.2. The third-order valence-corrected chi connectivity index (χ3v) is 5.31. The van der Waals surface area contributed by atoms with Crippen molar-refractivity contribution < 1.29 is 14.3 Å².